The Labute approximate surface area is 145 Å². The Morgan fingerprint density at radius 3 is 1.96 bits per heavy atom. The van der Waals surface area contributed by atoms with Gasteiger partial charge < -0.3 is 9.47 Å². The monoisotopic (exact) mass is 340 g/mol. The van der Waals surface area contributed by atoms with Crippen LogP contribution in [0.2, 0.25) is 0 Å². The van der Waals surface area contributed by atoms with E-state index >= 15 is 0 Å². The van der Waals surface area contributed by atoms with Crippen molar-refractivity contribution in [3.8, 4) is 22.6 Å². The van der Waals surface area contributed by atoms with Crippen LogP contribution < -0.4 is 9.47 Å². The Bertz CT molecular complexity index is 868. The Kier molecular flexibility index (Phi) is 5.49. The molecule has 2 rings (SSSR count). The number of halogens is 1. The van der Waals surface area contributed by atoms with Crippen LogP contribution in [0, 0.1) is 5.82 Å². The van der Waals surface area contributed by atoms with Crippen molar-refractivity contribution in [3.05, 3.63) is 72.6 Å². The van der Waals surface area contributed by atoms with Gasteiger partial charge in [-0.25, -0.2) is 14.0 Å². The lowest BCUT2D eigenvalue weighted by Gasteiger charge is -2.09. The van der Waals surface area contributed by atoms with Gasteiger partial charge >= 0.3 is 11.9 Å². The van der Waals surface area contributed by atoms with Crippen LogP contribution in [0.4, 0.5) is 4.39 Å². The second kappa shape index (κ2) is 7.57. The fraction of sp³-hybridized carbons (Fsp3) is 0.100. The van der Waals surface area contributed by atoms with Crippen LogP contribution >= 0.6 is 0 Å². The van der Waals surface area contributed by atoms with Crippen molar-refractivity contribution in [2.45, 2.75) is 13.8 Å². The molecule has 0 unspecified atom stereocenters. The maximum absolute atomic E-state index is 14.4. The number of ether oxygens (including phenoxy) is 2. The van der Waals surface area contributed by atoms with Gasteiger partial charge in [-0.05, 0) is 43.7 Å². The number of hydrogen-bond donors (Lipinski definition) is 0. The van der Waals surface area contributed by atoms with Crippen LogP contribution in [0.15, 0.2) is 66.8 Å². The molecule has 0 heterocycles. The van der Waals surface area contributed by atoms with Crippen molar-refractivity contribution in [1.82, 2.24) is 0 Å². The number of carbonyl (C=O) groups excluding carboxylic acids is 2. The highest BCUT2D eigenvalue weighted by Crippen LogP contribution is 2.29. The number of carbonyl (C=O) groups is 2. The molecule has 0 saturated heterocycles. The molecule has 2 aromatic carbocycles. The molecular formula is C20H17FO4. The molecule has 0 N–H and O–H groups in total. The largest absolute Gasteiger partial charge is 0.423 e. The van der Waals surface area contributed by atoms with Gasteiger partial charge in [0, 0.05) is 22.8 Å². The molecule has 0 radical (unpaired) electrons. The molecule has 0 spiro atoms. The van der Waals surface area contributed by atoms with Crippen LogP contribution in [0.5, 0.6) is 11.5 Å². The molecule has 0 aliphatic carbocycles. The predicted octanol–water partition coefficient (Wildman–Crippen LogP) is 4.46. The van der Waals surface area contributed by atoms with Crippen LogP contribution in [-0.4, -0.2) is 11.9 Å². The smallest absolute Gasteiger partial charge is 0.338 e. The first kappa shape index (κ1) is 18.1. The van der Waals surface area contributed by atoms with Gasteiger partial charge in [-0.15, -0.1) is 0 Å². The Morgan fingerprint density at radius 2 is 1.44 bits per heavy atom. The van der Waals surface area contributed by atoms with E-state index in [4.69, 9.17) is 9.47 Å². The molecular weight excluding hydrogens is 323 g/mol. The lowest BCUT2D eigenvalue weighted by atomic mass is 10.0. The fourth-order valence-electron chi connectivity index (χ4n) is 1.91. The first-order chi connectivity index (χ1) is 11.8. The summed E-state index contributed by atoms with van der Waals surface area (Å²) >= 11 is 0. The van der Waals surface area contributed by atoms with Gasteiger partial charge in [0.25, 0.3) is 0 Å². The molecule has 128 valence electrons. The van der Waals surface area contributed by atoms with E-state index in [1.54, 1.807) is 24.3 Å². The van der Waals surface area contributed by atoms with Gasteiger partial charge in [-0.1, -0.05) is 25.3 Å². The third kappa shape index (κ3) is 4.64. The quantitative estimate of drug-likeness (QED) is 0.458. The van der Waals surface area contributed by atoms with Crippen molar-refractivity contribution in [2.24, 2.45) is 0 Å². The van der Waals surface area contributed by atoms with E-state index in [2.05, 4.69) is 13.2 Å². The van der Waals surface area contributed by atoms with Gasteiger partial charge in [-0.3, -0.25) is 0 Å². The van der Waals surface area contributed by atoms with E-state index in [9.17, 15) is 14.0 Å². The molecule has 0 aromatic heterocycles. The Morgan fingerprint density at radius 1 is 0.880 bits per heavy atom. The summed E-state index contributed by atoms with van der Waals surface area (Å²) in [5.41, 5.74) is 1.28. The van der Waals surface area contributed by atoms with Gasteiger partial charge in [-0.2, -0.15) is 0 Å². The minimum absolute atomic E-state index is 0.0825. The van der Waals surface area contributed by atoms with Crippen molar-refractivity contribution >= 4 is 11.9 Å². The topological polar surface area (TPSA) is 52.6 Å². The highest BCUT2D eigenvalue weighted by molar-refractivity contribution is 5.89. The molecule has 5 heteroatoms. The molecule has 0 amide bonds. The van der Waals surface area contributed by atoms with Crippen molar-refractivity contribution in [3.63, 3.8) is 0 Å². The van der Waals surface area contributed by atoms with Crippen LogP contribution in [0.1, 0.15) is 13.8 Å². The van der Waals surface area contributed by atoms with Crippen LogP contribution in [-0.2, 0) is 9.59 Å². The van der Waals surface area contributed by atoms with E-state index in [-0.39, 0.29) is 28.2 Å². The number of esters is 2. The van der Waals surface area contributed by atoms with E-state index in [0.29, 0.717) is 5.56 Å². The van der Waals surface area contributed by atoms with E-state index in [1.807, 2.05) is 0 Å². The lowest BCUT2D eigenvalue weighted by Crippen LogP contribution is -2.08. The molecule has 0 aliphatic rings. The Hall–Kier alpha value is -3.21. The minimum atomic E-state index is -0.624. The molecule has 2 aromatic rings. The van der Waals surface area contributed by atoms with E-state index < -0.39 is 17.8 Å². The summed E-state index contributed by atoms with van der Waals surface area (Å²) < 4.78 is 24.5. The molecule has 0 fully saturated rings. The van der Waals surface area contributed by atoms with Crippen LogP contribution in [0.3, 0.4) is 0 Å². The summed E-state index contributed by atoms with van der Waals surface area (Å²) in [6.45, 7) is 10.0. The predicted molar refractivity (Wildman–Crippen MR) is 92.7 cm³/mol. The maximum atomic E-state index is 14.4. The normalized spacial score (nSPS) is 10.0. The maximum Gasteiger partial charge on any atom is 0.338 e. The lowest BCUT2D eigenvalue weighted by molar-refractivity contribution is -0.130. The van der Waals surface area contributed by atoms with E-state index in [1.165, 1.54) is 26.0 Å². The summed E-state index contributed by atoms with van der Waals surface area (Å²) in [6, 6.07) is 10.5. The first-order valence-corrected chi connectivity index (χ1v) is 7.43. The van der Waals surface area contributed by atoms with Gasteiger partial charge in [0.1, 0.15) is 17.3 Å². The highest BCUT2D eigenvalue weighted by atomic mass is 19.1. The molecule has 0 aliphatic heterocycles. The summed E-state index contributed by atoms with van der Waals surface area (Å²) in [5.74, 6) is -1.39. The standard InChI is InChI=1S/C20H17FO4/c1-12(2)19(22)24-15-7-5-6-14(10-15)17-9-8-16(11-18(17)21)25-20(23)13(3)4/h5-11H,1,3H2,2,4H3. The summed E-state index contributed by atoms with van der Waals surface area (Å²) in [4.78, 5) is 23.1. The molecule has 0 bridgehead atoms. The molecule has 4 nitrogen and oxygen atoms in total. The average molecular weight is 340 g/mol. The number of hydrogen-bond acceptors (Lipinski definition) is 4. The molecule has 0 atom stereocenters. The SMILES string of the molecule is C=C(C)C(=O)Oc1cccc(-c2ccc(OC(=O)C(=C)C)cc2F)c1. The second-order valence-electron chi connectivity index (χ2n) is 5.51. The van der Waals surface area contributed by atoms with Crippen molar-refractivity contribution in [1.29, 1.82) is 0 Å². The zero-order chi connectivity index (χ0) is 18.6. The molecule has 25 heavy (non-hydrogen) atoms. The third-order valence-corrected chi connectivity index (χ3v) is 3.20. The number of benzene rings is 2. The Balaban J connectivity index is 2.27. The zero-order valence-corrected chi connectivity index (χ0v) is 14.0. The summed E-state index contributed by atoms with van der Waals surface area (Å²) in [6.07, 6.45) is 0. The van der Waals surface area contributed by atoms with Gasteiger partial charge in [0.15, 0.2) is 0 Å². The van der Waals surface area contributed by atoms with Gasteiger partial charge in [0.2, 0.25) is 0 Å². The second-order valence-corrected chi connectivity index (χ2v) is 5.51. The van der Waals surface area contributed by atoms with Crippen LogP contribution in [0.25, 0.3) is 11.1 Å². The summed E-state index contributed by atoms with van der Waals surface area (Å²) in [5, 5.41) is 0. The average Bonchev–Trinajstić information content (AvgIpc) is 2.55. The molecule has 0 saturated carbocycles. The highest BCUT2D eigenvalue weighted by Gasteiger charge is 2.12. The fourth-order valence-corrected chi connectivity index (χ4v) is 1.91. The van der Waals surface area contributed by atoms with Crippen molar-refractivity contribution in [2.75, 3.05) is 0 Å². The van der Waals surface area contributed by atoms with Gasteiger partial charge in [0.05, 0.1) is 0 Å². The third-order valence-electron chi connectivity index (χ3n) is 3.20. The van der Waals surface area contributed by atoms with Crippen molar-refractivity contribution < 1.29 is 23.5 Å². The minimum Gasteiger partial charge on any atom is -0.423 e. The summed E-state index contributed by atoms with van der Waals surface area (Å²) in [7, 11) is 0. The zero-order valence-electron chi connectivity index (χ0n) is 14.0. The first-order valence-electron chi connectivity index (χ1n) is 7.43. The van der Waals surface area contributed by atoms with E-state index in [0.717, 1.165) is 6.07 Å². The number of rotatable bonds is 5.